The Balaban J connectivity index is 1.24. The molecule has 7 heteroatoms. The number of aromatic nitrogens is 1. The number of ether oxygens (including phenoxy) is 2. The maximum atomic E-state index is 13.6. The second-order valence-corrected chi connectivity index (χ2v) is 15.5. The number of nitrogens with one attached hydrogen (secondary N) is 1. The van der Waals surface area contributed by atoms with Crippen LogP contribution < -0.4 is 10.1 Å². The van der Waals surface area contributed by atoms with Crippen LogP contribution in [0.25, 0.3) is 10.9 Å². The van der Waals surface area contributed by atoms with Crippen LogP contribution in [0.5, 0.6) is 5.75 Å². The van der Waals surface area contributed by atoms with Crippen LogP contribution >= 0.6 is 0 Å². The third kappa shape index (κ3) is 3.35. The van der Waals surface area contributed by atoms with Crippen molar-refractivity contribution >= 4 is 22.6 Å². The Bertz CT molecular complexity index is 2010. The molecule has 1 aliphatic carbocycles. The van der Waals surface area contributed by atoms with Gasteiger partial charge in [0.2, 0.25) is 0 Å². The number of rotatable bonds is 5. The van der Waals surface area contributed by atoms with Crippen LogP contribution in [0, 0.1) is 10.8 Å². The summed E-state index contributed by atoms with van der Waals surface area (Å²) in [5.74, 6) is 0.716. The molecule has 48 heavy (non-hydrogen) atoms. The minimum atomic E-state index is -0.307. The highest BCUT2D eigenvalue weighted by molar-refractivity contribution is 5.93. The predicted octanol–water partition coefficient (Wildman–Crippen LogP) is 7.04. The van der Waals surface area contributed by atoms with Crippen LogP contribution in [0.3, 0.4) is 0 Å². The van der Waals surface area contributed by atoms with Crippen molar-refractivity contribution in [1.29, 1.82) is 0 Å². The summed E-state index contributed by atoms with van der Waals surface area (Å²) >= 11 is 0. The summed E-state index contributed by atoms with van der Waals surface area (Å²) in [6, 6.07) is 14.7. The number of para-hydroxylation sites is 1. The Morgan fingerprint density at radius 1 is 1.00 bits per heavy atom. The lowest BCUT2D eigenvalue weighted by Gasteiger charge is -2.55. The van der Waals surface area contributed by atoms with Gasteiger partial charge >= 0.3 is 5.97 Å². The molecule has 0 bridgehead atoms. The van der Waals surface area contributed by atoms with Crippen LogP contribution in [-0.2, 0) is 21.4 Å². The van der Waals surface area contributed by atoms with Crippen molar-refractivity contribution in [2.24, 2.45) is 10.8 Å². The van der Waals surface area contributed by atoms with E-state index in [-0.39, 0.29) is 34.3 Å². The van der Waals surface area contributed by atoms with Gasteiger partial charge in [0.25, 0.3) is 0 Å². The van der Waals surface area contributed by atoms with E-state index in [1.54, 1.807) is 5.56 Å². The second-order valence-electron chi connectivity index (χ2n) is 15.5. The van der Waals surface area contributed by atoms with Crippen LogP contribution in [-0.4, -0.2) is 66.8 Å². The molecule has 10 rings (SSSR count). The predicted molar refractivity (Wildman–Crippen MR) is 188 cm³/mol. The highest BCUT2D eigenvalue weighted by atomic mass is 16.5. The molecule has 0 amide bonds. The summed E-state index contributed by atoms with van der Waals surface area (Å²) in [7, 11) is 3.35. The van der Waals surface area contributed by atoms with E-state index in [0.29, 0.717) is 12.5 Å². The summed E-state index contributed by atoms with van der Waals surface area (Å²) < 4.78 is 14.6. The first-order valence-corrected chi connectivity index (χ1v) is 18.2. The largest absolute Gasteiger partial charge is 0.496 e. The summed E-state index contributed by atoms with van der Waals surface area (Å²) in [5.41, 5.74) is 9.56. The Kier molecular flexibility index (Phi) is 6.00. The Morgan fingerprint density at radius 2 is 1.79 bits per heavy atom. The van der Waals surface area contributed by atoms with E-state index in [9.17, 15) is 4.79 Å². The number of hydrogen-bond donors (Lipinski definition) is 1. The van der Waals surface area contributed by atoms with Crippen LogP contribution in [0.1, 0.15) is 80.4 Å². The van der Waals surface area contributed by atoms with E-state index in [2.05, 4.69) is 94.2 Å². The van der Waals surface area contributed by atoms with Gasteiger partial charge in [0.05, 0.1) is 37.3 Å². The SMILES string of the molecule is CC[C@@]12C=CCN3CCc4c(n(c5ccccc45)[C@H](c4cc5c(cc4OC)NC4=C(C(=O)OC)C[C@]6(CC)C=CCN7CC[C@@]45[C@@H]76)C1)[C@@H]32. The van der Waals surface area contributed by atoms with Gasteiger partial charge in [0, 0.05) is 82.7 Å². The minimum Gasteiger partial charge on any atom is -0.496 e. The molecule has 1 spiro atoms. The molecule has 1 fully saturated rings. The molecule has 1 aromatic heterocycles. The van der Waals surface area contributed by atoms with Crippen molar-refractivity contribution in [3.05, 3.63) is 94.4 Å². The lowest BCUT2D eigenvalue weighted by molar-refractivity contribution is -0.137. The molecular weight excluding hydrogens is 596 g/mol. The molecule has 0 radical (unpaired) electrons. The van der Waals surface area contributed by atoms with Crippen molar-refractivity contribution in [2.75, 3.05) is 45.7 Å². The highest BCUT2D eigenvalue weighted by Crippen LogP contribution is 2.66. The summed E-state index contributed by atoms with van der Waals surface area (Å²) in [4.78, 5) is 19.0. The number of esters is 1. The van der Waals surface area contributed by atoms with E-state index >= 15 is 0 Å². The van der Waals surface area contributed by atoms with Gasteiger partial charge in [-0.1, -0.05) is 56.4 Å². The fraction of sp³-hybridized carbons (Fsp3) is 0.488. The Morgan fingerprint density at radius 3 is 2.58 bits per heavy atom. The van der Waals surface area contributed by atoms with Crippen molar-refractivity contribution in [1.82, 2.24) is 14.4 Å². The first kappa shape index (κ1) is 29.1. The van der Waals surface area contributed by atoms with E-state index in [0.717, 1.165) is 81.0 Å². The maximum Gasteiger partial charge on any atom is 0.335 e. The molecule has 6 atom stereocenters. The Hall–Kier alpha value is -3.81. The van der Waals surface area contributed by atoms with E-state index in [1.165, 1.54) is 34.8 Å². The standard InChI is InChI=1S/C41H46N4O3/c1-5-39-14-9-17-43-19-13-26-25-11-7-8-12-31(25)45(34(26)36(39)43)32(24-39)27-21-29-30(22-33(27)47-3)42-35-28(37(46)48-4)23-40(6-2)15-10-18-44-20-16-41(29,35)38(40)44/h7-12,14-15,21-22,32,36,38,42H,5-6,13,16-20,23-24H2,1-4H3/t32-,36+,38-,39+,40-,41-/m0/s1. The number of fused-ring (bicyclic) bond motifs is 4. The minimum absolute atomic E-state index is 0.0483. The number of benzene rings is 2. The fourth-order valence-corrected chi connectivity index (χ4v) is 12.0. The first-order valence-electron chi connectivity index (χ1n) is 18.2. The third-order valence-corrected chi connectivity index (χ3v) is 14.0. The molecule has 0 unspecified atom stereocenters. The quantitative estimate of drug-likeness (QED) is 0.238. The van der Waals surface area contributed by atoms with Crippen LogP contribution in [0.4, 0.5) is 5.69 Å². The van der Waals surface area contributed by atoms with E-state index < -0.39 is 0 Å². The normalized spacial score (nSPS) is 34.0. The molecule has 7 heterocycles. The molecule has 6 aliphatic heterocycles. The number of carbonyl (C=O) groups excluding carboxylic acids is 1. The fourth-order valence-electron chi connectivity index (χ4n) is 12.0. The average molecular weight is 643 g/mol. The van der Waals surface area contributed by atoms with Gasteiger partial charge in [-0.15, -0.1) is 0 Å². The molecule has 0 saturated carbocycles. The molecule has 1 saturated heterocycles. The average Bonchev–Trinajstić information content (AvgIpc) is 3.80. The summed E-state index contributed by atoms with van der Waals surface area (Å²) in [5, 5.41) is 5.26. The topological polar surface area (TPSA) is 59.0 Å². The number of nitrogens with zero attached hydrogens (tertiary/aromatic N) is 3. The number of hydrogen-bond acceptors (Lipinski definition) is 6. The van der Waals surface area contributed by atoms with Gasteiger partial charge in [-0.2, -0.15) is 0 Å². The van der Waals surface area contributed by atoms with Gasteiger partial charge in [0.15, 0.2) is 0 Å². The van der Waals surface area contributed by atoms with Gasteiger partial charge < -0.3 is 19.4 Å². The van der Waals surface area contributed by atoms with Crippen molar-refractivity contribution < 1.29 is 14.3 Å². The zero-order valence-electron chi connectivity index (χ0n) is 28.6. The van der Waals surface area contributed by atoms with Gasteiger partial charge in [-0.25, -0.2) is 4.79 Å². The van der Waals surface area contributed by atoms with Gasteiger partial charge in [-0.05, 0) is 61.8 Å². The Labute approximate surface area is 283 Å². The van der Waals surface area contributed by atoms with Crippen molar-refractivity contribution in [2.45, 2.75) is 75.9 Å². The van der Waals surface area contributed by atoms with Crippen molar-refractivity contribution in [3.8, 4) is 5.75 Å². The van der Waals surface area contributed by atoms with E-state index in [4.69, 9.17) is 9.47 Å². The smallest absolute Gasteiger partial charge is 0.335 e. The van der Waals surface area contributed by atoms with Crippen LogP contribution in [0.15, 0.2) is 72.0 Å². The maximum absolute atomic E-state index is 13.6. The zero-order chi connectivity index (χ0) is 32.6. The molecule has 1 N–H and O–H groups in total. The molecule has 3 aromatic rings. The van der Waals surface area contributed by atoms with Gasteiger partial charge in [0.1, 0.15) is 5.75 Å². The first-order chi connectivity index (χ1) is 23.4. The third-order valence-electron chi connectivity index (χ3n) is 14.0. The number of carbonyl (C=O) groups is 1. The zero-order valence-corrected chi connectivity index (χ0v) is 28.6. The molecular formula is C41H46N4O3. The molecule has 7 nitrogen and oxygen atoms in total. The van der Waals surface area contributed by atoms with Gasteiger partial charge in [-0.3, -0.25) is 9.80 Å². The van der Waals surface area contributed by atoms with E-state index in [1.807, 2.05) is 7.11 Å². The monoisotopic (exact) mass is 642 g/mol. The number of anilines is 1. The molecule has 7 aliphatic rings. The van der Waals surface area contributed by atoms with Crippen LogP contribution in [0.2, 0.25) is 0 Å². The lowest BCUT2D eigenvalue weighted by Crippen LogP contribution is -2.58. The highest BCUT2D eigenvalue weighted by Gasteiger charge is 2.66. The van der Waals surface area contributed by atoms with Crippen molar-refractivity contribution in [3.63, 3.8) is 0 Å². The molecule has 248 valence electrons. The number of methoxy groups -OCH3 is 2. The summed E-state index contributed by atoms with van der Waals surface area (Å²) in [6.07, 6.45) is 15.6. The molecule has 2 aromatic carbocycles. The second kappa shape index (κ2) is 9.88. The summed E-state index contributed by atoms with van der Waals surface area (Å²) in [6.45, 7) is 8.80. The lowest BCUT2D eigenvalue weighted by atomic mass is 9.55.